The molecular formula is C20H28N4O3. The fraction of sp³-hybridized carbons (Fsp3) is 0.500. The zero-order chi connectivity index (χ0) is 19.2. The Kier molecular flexibility index (Phi) is 6.47. The lowest BCUT2D eigenvalue weighted by atomic mass is 10.2. The number of amides is 1. The van der Waals surface area contributed by atoms with Gasteiger partial charge in [-0.1, -0.05) is 0 Å². The van der Waals surface area contributed by atoms with Gasteiger partial charge < -0.3 is 9.64 Å². The number of benzene rings is 1. The summed E-state index contributed by atoms with van der Waals surface area (Å²) in [5, 5.41) is 5.42. The Morgan fingerprint density at radius 3 is 2.78 bits per heavy atom. The third-order valence-electron chi connectivity index (χ3n) is 5.04. The number of hydroxylamine groups is 2. The lowest BCUT2D eigenvalue weighted by Crippen LogP contribution is -2.28. The molecule has 0 spiro atoms. The number of likely N-dealkylation sites (tertiary alicyclic amines) is 1. The summed E-state index contributed by atoms with van der Waals surface area (Å²) < 4.78 is 7.51. The maximum Gasteiger partial charge on any atom is 0.280 e. The van der Waals surface area contributed by atoms with Crippen LogP contribution in [0.15, 0.2) is 36.7 Å². The van der Waals surface area contributed by atoms with Crippen molar-refractivity contribution in [3.8, 4) is 11.4 Å². The molecule has 1 saturated heterocycles. The average Bonchev–Trinajstić information content (AvgIpc) is 3.34. The van der Waals surface area contributed by atoms with Gasteiger partial charge in [0, 0.05) is 25.8 Å². The Bertz CT molecular complexity index is 744. The largest absolute Gasteiger partial charge is 0.494 e. The zero-order valence-electron chi connectivity index (χ0n) is 16.3. The van der Waals surface area contributed by atoms with Crippen molar-refractivity contribution in [1.82, 2.24) is 19.7 Å². The monoisotopic (exact) mass is 372 g/mol. The summed E-state index contributed by atoms with van der Waals surface area (Å²) in [6.45, 7) is 5.32. The summed E-state index contributed by atoms with van der Waals surface area (Å²) in [5.41, 5.74) is 1.34. The fourth-order valence-corrected chi connectivity index (χ4v) is 3.32. The van der Waals surface area contributed by atoms with E-state index in [-0.39, 0.29) is 5.91 Å². The molecule has 1 aliphatic rings. The SMILES string of the molecule is CON(C)C(=O)c1cnn(-c2ccc(OCCCN3CCC[C@H]3C)cc2)c1. The molecule has 7 nitrogen and oxygen atoms in total. The maximum absolute atomic E-state index is 12.1. The molecule has 1 amide bonds. The summed E-state index contributed by atoms with van der Waals surface area (Å²) in [5.74, 6) is 0.604. The third kappa shape index (κ3) is 4.87. The number of carbonyl (C=O) groups excluding carboxylic acids is 1. The summed E-state index contributed by atoms with van der Waals surface area (Å²) in [6, 6.07) is 8.42. The molecule has 7 heteroatoms. The maximum atomic E-state index is 12.1. The van der Waals surface area contributed by atoms with Gasteiger partial charge in [0.1, 0.15) is 5.75 Å². The summed E-state index contributed by atoms with van der Waals surface area (Å²) in [4.78, 5) is 19.5. The molecule has 1 aromatic carbocycles. The van der Waals surface area contributed by atoms with Gasteiger partial charge in [-0.25, -0.2) is 9.75 Å². The number of aromatic nitrogens is 2. The first-order valence-electron chi connectivity index (χ1n) is 9.42. The van der Waals surface area contributed by atoms with Crippen LogP contribution in [0.3, 0.4) is 0 Å². The number of rotatable bonds is 8. The highest BCUT2D eigenvalue weighted by Crippen LogP contribution is 2.18. The molecule has 0 bridgehead atoms. The predicted octanol–water partition coefficient (Wildman–Crippen LogP) is 2.76. The van der Waals surface area contributed by atoms with Crippen molar-refractivity contribution in [2.45, 2.75) is 32.2 Å². The second kappa shape index (κ2) is 9.01. The van der Waals surface area contributed by atoms with Crippen LogP contribution in [0.25, 0.3) is 5.69 Å². The van der Waals surface area contributed by atoms with Crippen LogP contribution in [0, 0.1) is 0 Å². The van der Waals surface area contributed by atoms with E-state index < -0.39 is 0 Å². The molecule has 0 unspecified atom stereocenters. The van der Waals surface area contributed by atoms with Crippen LogP contribution in [0.5, 0.6) is 5.75 Å². The van der Waals surface area contributed by atoms with Gasteiger partial charge in [-0.05, 0) is 57.0 Å². The van der Waals surface area contributed by atoms with Crippen molar-refractivity contribution >= 4 is 5.91 Å². The van der Waals surface area contributed by atoms with Crippen LogP contribution in [0.4, 0.5) is 0 Å². The molecular weight excluding hydrogens is 344 g/mol. The minimum atomic E-state index is -0.240. The van der Waals surface area contributed by atoms with E-state index in [1.165, 1.54) is 37.8 Å². The van der Waals surface area contributed by atoms with Crippen molar-refractivity contribution in [1.29, 1.82) is 0 Å². The van der Waals surface area contributed by atoms with Crippen LogP contribution in [0.1, 0.15) is 36.5 Å². The first-order chi connectivity index (χ1) is 13.1. The Hall–Kier alpha value is -2.38. The van der Waals surface area contributed by atoms with Crippen molar-refractivity contribution < 1.29 is 14.4 Å². The van der Waals surface area contributed by atoms with Gasteiger partial charge in [0.25, 0.3) is 5.91 Å². The van der Waals surface area contributed by atoms with E-state index in [0.717, 1.165) is 24.4 Å². The Balaban J connectivity index is 1.50. The quantitative estimate of drug-likeness (QED) is 0.527. The summed E-state index contributed by atoms with van der Waals surface area (Å²) >= 11 is 0. The molecule has 1 atom stereocenters. The van der Waals surface area contributed by atoms with E-state index in [1.54, 1.807) is 17.9 Å². The Morgan fingerprint density at radius 1 is 1.33 bits per heavy atom. The molecule has 0 saturated carbocycles. The van der Waals surface area contributed by atoms with E-state index in [4.69, 9.17) is 9.57 Å². The molecule has 0 aliphatic carbocycles. The lowest BCUT2D eigenvalue weighted by molar-refractivity contribution is -0.0757. The smallest absolute Gasteiger partial charge is 0.280 e. The molecule has 2 aromatic rings. The van der Waals surface area contributed by atoms with Crippen molar-refractivity contribution in [2.75, 3.05) is 33.9 Å². The molecule has 1 aliphatic heterocycles. The molecule has 27 heavy (non-hydrogen) atoms. The van der Waals surface area contributed by atoms with E-state index in [9.17, 15) is 4.79 Å². The van der Waals surface area contributed by atoms with Crippen LogP contribution in [-0.2, 0) is 4.84 Å². The third-order valence-corrected chi connectivity index (χ3v) is 5.04. The standard InChI is InChI=1S/C20H28N4O3/c1-16-6-4-11-23(16)12-5-13-27-19-9-7-18(8-10-19)24-15-17(14-21-24)20(25)22(2)26-3/h7-10,14-16H,4-6,11-13H2,1-3H3/t16-/m1/s1. The summed E-state index contributed by atoms with van der Waals surface area (Å²) in [7, 11) is 3.02. The molecule has 0 radical (unpaired) electrons. The predicted molar refractivity (Wildman–Crippen MR) is 103 cm³/mol. The van der Waals surface area contributed by atoms with E-state index in [1.807, 2.05) is 24.3 Å². The molecule has 0 N–H and O–H groups in total. The van der Waals surface area contributed by atoms with Crippen molar-refractivity contribution in [2.24, 2.45) is 0 Å². The first kappa shape index (κ1) is 19.4. The minimum Gasteiger partial charge on any atom is -0.494 e. The number of ether oxygens (including phenoxy) is 1. The highest BCUT2D eigenvalue weighted by Gasteiger charge is 2.19. The molecule has 3 rings (SSSR count). The van der Waals surface area contributed by atoms with Gasteiger partial charge in [-0.3, -0.25) is 9.63 Å². The van der Waals surface area contributed by atoms with Crippen LogP contribution >= 0.6 is 0 Å². The fourth-order valence-electron chi connectivity index (χ4n) is 3.32. The van der Waals surface area contributed by atoms with Gasteiger partial charge in [-0.15, -0.1) is 0 Å². The highest BCUT2D eigenvalue weighted by molar-refractivity contribution is 5.92. The number of nitrogens with zero attached hydrogens (tertiary/aromatic N) is 4. The second-order valence-electron chi connectivity index (χ2n) is 6.88. The first-order valence-corrected chi connectivity index (χ1v) is 9.42. The Morgan fingerprint density at radius 2 is 2.11 bits per heavy atom. The Labute approximate surface area is 160 Å². The van der Waals surface area contributed by atoms with Crippen LogP contribution in [0.2, 0.25) is 0 Å². The van der Waals surface area contributed by atoms with E-state index in [2.05, 4.69) is 16.9 Å². The number of carbonyl (C=O) groups is 1. The number of hydrogen-bond donors (Lipinski definition) is 0. The number of hydrogen-bond acceptors (Lipinski definition) is 5. The van der Waals surface area contributed by atoms with E-state index in [0.29, 0.717) is 18.2 Å². The second-order valence-corrected chi connectivity index (χ2v) is 6.88. The van der Waals surface area contributed by atoms with Crippen LogP contribution < -0.4 is 4.74 Å². The van der Waals surface area contributed by atoms with Gasteiger partial charge in [0.15, 0.2) is 0 Å². The van der Waals surface area contributed by atoms with Gasteiger partial charge >= 0.3 is 0 Å². The normalized spacial score (nSPS) is 17.2. The van der Waals surface area contributed by atoms with Crippen molar-refractivity contribution in [3.05, 3.63) is 42.2 Å². The molecule has 146 valence electrons. The topological polar surface area (TPSA) is 59.8 Å². The molecule has 1 aromatic heterocycles. The van der Waals surface area contributed by atoms with Gasteiger partial charge in [0.05, 0.1) is 31.2 Å². The average molecular weight is 372 g/mol. The minimum absolute atomic E-state index is 0.240. The molecule has 1 fully saturated rings. The molecule has 2 heterocycles. The highest BCUT2D eigenvalue weighted by atomic mass is 16.7. The summed E-state index contributed by atoms with van der Waals surface area (Å²) in [6.07, 6.45) is 6.87. The van der Waals surface area contributed by atoms with Crippen molar-refractivity contribution in [3.63, 3.8) is 0 Å². The van der Waals surface area contributed by atoms with Gasteiger partial charge in [-0.2, -0.15) is 5.10 Å². The zero-order valence-corrected chi connectivity index (χ0v) is 16.3. The van der Waals surface area contributed by atoms with Crippen LogP contribution in [-0.4, -0.2) is 65.5 Å². The van der Waals surface area contributed by atoms with E-state index >= 15 is 0 Å². The lowest BCUT2D eigenvalue weighted by Gasteiger charge is -2.20. The van der Waals surface area contributed by atoms with Gasteiger partial charge in [0.2, 0.25) is 0 Å².